The molecule has 1 aliphatic heterocycles. The minimum Gasteiger partial charge on any atom is -0.493 e. The van der Waals surface area contributed by atoms with E-state index in [0.29, 0.717) is 17.4 Å². The van der Waals surface area contributed by atoms with Gasteiger partial charge >= 0.3 is 0 Å². The smallest absolute Gasteiger partial charge is 0.162 e. The number of fused-ring (bicyclic) bond motifs is 1. The number of benzene rings is 3. The highest BCUT2D eigenvalue weighted by Crippen LogP contribution is 2.36. The van der Waals surface area contributed by atoms with Gasteiger partial charge in [-0.25, -0.2) is 9.97 Å². The molecule has 6 heteroatoms. The Balaban J connectivity index is 1.47. The van der Waals surface area contributed by atoms with Crippen LogP contribution in [0.4, 0.5) is 5.82 Å². The van der Waals surface area contributed by atoms with Crippen molar-refractivity contribution in [1.82, 2.24) is 14.9 Å². The van der Waals surface area contributed by atoms with Gasteiger partial charge in [0.05, 0.1) is 25.8 Å². The molecule has 1 fully saturated rings. The van der Waals surface area contributed by atoms with Gasteiger partial charge in [0.2, 0.25) is 0 Å². The zero-order chi connectivity index (χ0) is 25.8. The Kier molecular flexibility index (Phi) is 7.56. The van der Waals surface area contributed by atoms with E-state index in [-0.39, 0.29) is 6.04 Å². The Labute approximate surface area is 219 Å². The van der Waals surface area contributed by atoms with E-state index < -0.39 is 0 Å². The molecule has 0 radical (unpaired) electrons. The second-order valence-electron chi connectivity index (χ2n) is 10.0. The van der Waals surface area contributed by atoms with Crippen LogP contribution in [0.5, 0.6) is 11.5 Å². The summed E-state index contributed by atoms with van der Waals surface area (Å²) in [5.41, 5.74) is 3.54. The van der Waals surface area contributed by atoms with Crippen LogP contribution in [0.25, 0.3) is 10.9 Å². The SMILES string of the molecule is COc1cc2nc(CC(C)C)nc(N3CCN(C(c4ccccc4)c4ccccc4)CC3)c2cc1OC. The summed E-state index contributed by atoms with van der Waals surface area (Å²) in [5.74, 6) is 3.72. The minimum atomic E-state index is 0.229. The van der Waals surface area contributed by atoms with E-state index in [9.17, 15) is 0 Å². The Hall–Kier alpha value is -3.64. The highest BCUT2D eigenvalue weighted by atomic mass is 16.5. The van der Waals surface area contributed by atoms with Gasteiger partial charge in [-0.3, -0.25) is 4.90 Å². The number of nitrogens with zero attached hydrogens (tertiary/aromatic N) is 4. The van der Waals surface area contributed by atoms with Crippen molar-refractivity contribution in [2.24, 2.45) is 5.92 Å². The van der Waals surface area contributed by atoms with Crippen molar-refractivity contribution in [1.29, 1.82) is 0 Å². The third-order valence-electron chi connectivity index (χ3n) is 7.03. The van der Waals surface area contributed by atoms with Crippen molar-refractivity contribution in [3.8, 4) is 11.5 Å². The summed E-state index contributed by atoms with van der Waals surface area (Å²) in [6.07, 6.45) is 0.835. The number of piperazine rings is 1. The van der Waals surface area contributed by atoms with Crippen LogP contribution < -0.4 is 14.4 Å². The van der Waals surface area contributed by atoms with Crippen LogP contribution >= 0.6 is 0 Å². The summed E-state index contributed by atoms with van der Waals surface area (Å²) in [6, 6.07) is 25.9. The van der Waals surface area contributed by atoms with Crippen LogP contribution in [0.2, 0.25) is 0 Å². The van der Waals surface area contributed by atoms with Crippen molar-refractivity contribution >= 4 is 16.7 Å². The Morgan fingerprint density at radius 1 is 0.757 bits per heavy atom. The van der Waals surface area contributed by atoms with Gasteiger partial charge in [0.15, 0.2) is 11.5 Å². The first-order valence-electron chi connectivity index (χ1n) is 13.1. The van der Waals surface area contributed by atoms with Gasteiger partial charge in [0, 0.05) is 44.1 Å². The first-order valence-corrected chi connectivity index (χ1v) is 13.1. The zero-order valence-electron chi connectivity index (χ0n) is 22.2. The second-order valence-corrected chi connectivity index (χ2v) is 10.0. The number of anilines is 1. The lowest BCUT2D eigenvalue weighted by atomic mass is 9.96. The molecular weight excluding hydrogens is 460 g/mol. The molecule has 2 heterocycles. The van der Waals surface area contributed by atoms with Gasteiger partial charge in [-0.05, 0) is 23.1 Å². The van der Waals surface area contributed by atoms with Gasteiger partial charge in [-0.2, -0.15) is 0 Å². The number of methoxy groups -OCH3 is 2. The van der Waals surface area contributed by atoms with Crippen molar-refractivity contribution in [3.63, 3.8) is 0 Å². The predicted molar refractivity (Wildman–Crippen MR) is 150 cm³/mol. The molecule has 0 atom stereocenters. The van der Waals surface area contributed by atoms with Crippen LogP contribution in [0.3, 0.4) is 0 Å². The maximum atomic E-state index is 5.62. The molecule has 1 aliphatic rings. The highest BCUT2D eigenvalue weighted by molar-refractivity contribution is 5.92. The molecule has 0 unspecified atom stereocenters. The van der Waals surface area contributed by atoms with E-state index >= 15 is 0 Å². The van der Waals surface area contributed by atoms with E-state index in [1.807, 2.05) is 12.1 Å². The normalized spacial score (nSPS) is 14.5. The average Bonchev–Trinajstić information content (AvgIpc) is 2.93. The summed E-state index contributed by atoms with van der Waals surface area (Å²) in [5, 5.41) is 1.00. The van der Waals surface area contributed by atoms with Crippen LogP contribution in [-0.4, -0.2) is 55.3 Å². The third-order valence-corrected chi connectivity index (χ3v) is 7.03. The van der Waals surface area contributed by atoms with Gasteiger partial charge in [0.25, 0.3) is 0 Å². The lowest BCUT2D eigenvalue weighted by molar-refractivity contribution is 0.212. The molecule has 0 spiro atoms. The number of hydrogen-bond acceptors (Lipinski definition) is 6. The average molecular weight is 497 g/mol. The van der Waals surface area contributed by atoms with Crippen LogP contribution in [0.15, 0.2) is 72.8 Å². The number of rotatable bonds is 8. The van der Waals surface area contributed by atoms with E-state index in [4.69, 9.17) is 19.4 Å². The van der Waals surface area contributed by atoms with Gasteiger partial charge in [-0.1, -0.05) is 74.5 Å². The first kappa shape index (κ1) is 25.0. The maximum absolute atomic E-state index is 5.62. The zero-order valence-corrected chi connectivity index (χ0v) is 22.2. The Bertz CT molecular complexity index is 1280. The van der Waals surface area contributed by atoms with Crippen molar-refractivity contribution < 1.29 is 9.47 Å². The lowest BCUT2D eigenvalue weighted by Gasteiger charge is -2.40. The van der Waals surface area contributed by atoms with Gasteiger partial charge < -0.3 is 14.4 Å². The fraction of sp³-hybridized carbons (Fsp3) is 0.355. The van der Waals surface area contributed by atoms with E-state index in [0.717, 1.165) is 55.1 Å². The third kappa shape index (κ3) is 5.39. The summed E-state index contributed by atoms with van der Waals surface area (Å²) >= 11 is 0. The molecule has 192 valence electrons. The molecule has 3 aromatic carbocycles. The summed E-state index contributed by atoms with van der Waals surface area (Å²) in [7, 11) is 3.33. The largest absolute Gasteiger partial charge is 0.493 e. The fourth-order valence-corrected chi connectivity index (χ4v) is 5.26. The summed E-state index contributed by atoms with van der Waals surface area (Å²) < 4.78 is 11.2. The number of ether oxygens (including phenoxy) is 2. The van der Waals surface area contributed by atoms with E-state index in [1.54, 1.807) is 14.2 Å². The van der Waals surface area contributed by atoms with Crippen molar-refractivity contribution in [2.75, 3.05) is 45.3 Å². The summed E-state index contributed by atoms with van der Waals surface area (Å²) in [6.45, 7) is 8.05. The molecule has 0 saturated carbocycles. The van der Waals surface area contributed by atoms with Crippen LogP contribution in [0.1, 0.15) is 36.8 Å². The molecule has 5 rings (SSSR count). The molecule has 0 N–H and O–H groups in total. The molecule has 0 bridgehead atoms. The minimum absolute atomic E-state index is 0.229. The Morgan fingerprint density at radius 3 is 1.86 bits per heavy atom. The lowest BCUT2D eigenvalue weighted by Crippen LogP contribution is -2.48. The fourth-order valence-electron chi connectivity index (χ4n) is 5.26. The molecular formula is C31H36N4O2. The quantitative estimate of drug-likeness (QED) is 0.309. The molecule has 0 amide bonds. The van der Waals surface area contributed by atoms with Crippen molar-refractivity contribution in [2.45, 2.75) is 26.3 Å². The van der Waals surface area contributed by atoms with Gasteiger partial charge in [-0.15, -0.1) is 0 Å². The topological polar surface area (TPSA) is 50.7 Å². The molecule has 4 aromatic rings. The first-order chi connectivity index (χ1) is 18.1. The standard InChI is InChI=1S/C31H36N4O2/c1-22(2)19-29-32-26-21-28(37-4)27(36-3)20-25(26)31(33-29)35-17-15-34(16-18-35)30(23-11-7-5-8-12-23)24-13-9-6-10-14-24/h5-14,20-22,30H,15-19H2,1-4H3. The Morgan fingerprint density at radius 2 is 1.32 bits per heavy atom. The molecule has 6 nitrogen and oxygen atoms in total. The summed E-state index contributed by atoms with van der Waals surface area (Å²) in [4.78, 5) is 15.0. The van der Waals surface area contributed by atoms with Crippen molar-refractivity contribution in [3.05, 3.63) is 89.7 Å². The number of aromatic nitrogens is 2. The van der Waals surface area contributed by atoms with E-state index in [1.165, 1.54) is 11.1 Å². The molecule has 1 saturated heterocycles. The molecule has 37 heavy (non-hydrogen) atoms. The van der Waals surface area contributed by atoms with Gasteiger partial charge in [0.1, 0.15) is 11.6 Å². The number of hydrogen-bond donors (Lipinski definition) is 0. The van der Waals surface area contributed by atoms with E-state index in [2.05, 4.69) is 84.3 Å². The second kappa shape index (κ2) is 11.2. The molecule has 1 aromatic heterocycles. The monoisotopic (exact) mass is 496 g/mol. The van der Waals surface area contributed by atoms with Crippen LogP contribution in [-0.2, 0) is 6.42 Å². The van der Waals surface area contributed by atoms with Crippen LogP contribution in [0, 0.1) is 5.92 Å². The maximum Gasteiger partial charge on any atom is 0.162 e. The molecule has 0 aliphatic carbocycles. The predicted octanol–water partition coefficient (Wildman–Crippen LogP) is 5.76. The highest BCUT2D eigenvalue weighted by Gasteiger charge is 2.28.